The van der Waals surface area contributed by atoms with Crippen molar-refractivity contribution in [2.24, 2.45) is 0 Å². The Morgan fingerprint density at radius 1 is 1.20 bits per heavy atom. The summed E-state index contributed by atoms with van der Waals surface area (Å²) in [6.45, 7) is 0. The van der Waals surface area contributed by atoms with E-state index in [2.05, 4.69) is 16.0 Å². The number of hydrogen-bond donors (Lipinski definition) is 1. The molecule has 0 spiro atoms. The van der Waals surface area contributed by atoms with Crippen LogP contribution in [0.1, 0.15) is 0 Å². The number of nitrogens with zero attached hydrogens (tertiary/aromatic N) is 1. The zero-order chi connectivity index (χ0) is 10.3. The number of ether oxygens (including phenoxy) is 1. The highest BCUT2D eigenvalue weighted by Gasteiger charge is 2.07. The van der Waals surface area contributed by atoms with Gasteiger partial charge in [-0.05, 0) is 12.1 Å². The predicted octanol–water partition coefficient (Wildman–Crippen LogP) is 2.72. The number of para-hydroxylation sites is 1. The van der Waals surface area contributed by atoms with E-state index in [0.717, 1.165) is 27.6 Å². The lowest BCUT2D eigenvalue weighted by molar-refractivity contribution is 0.419. The van der Waals surface area contributed by atoms with E-state index in [0.29, 0.717) is 0 Å². The maximum Gasteiger partial charge on any atom is 0.142 e. The highest BCUT2D eigenvalue weighted by molar-refractivity contribution is 6.08. The Hall–Kier alpha value is -2.03. The quantitative estimate of drug-likeness (QED) is 0.652. The van der Waals surface area contributed by atoms with Gasteiger partial charge in [-0.2, -0.15) is 0 Å². The summed E-state index contributed by atoms with van der Waals surface area (Å²) in [5.41, 5.74) is 2.12. The number of benzene rings is 1. The monoisotopic (exact) mass is 198 g/mol. The fourth-order valence-electron chi connectivity index (χ4n) is 1.91. The Morgan fingerprint density at radius 3 is 3.00 bits per heavy atom. The van der Waals surface area contributed by atoms with E-state index < -0.39 is 0 Å². The van der Waals surface area contributed by atoms with Crippen LogP contribution in [-0.2, 0) is 0 Å². The summed E-state index contributed by atoms with van der Waals surface area (Å²) in [5.74, 6) is 0.865. The molecule has 3 heteroatoms. The number of nitrogens with one attached hydrogen (secondary N) is 1. The number of fused-ring (bicyclic) bond motifs is 3. The highest BCUT2D eigenvalue weighted by atomic mass is 16.5. The summed E-state index contributed by atoms with van der Waals surface area (Å²) >= 11 is 0. The summed E-state index contributed by atoms with van der Waals surface area (Å²) < 4.78 is 5.31. The fraction of sp³-hybridized carbons (Fsp3) is 0.0833. The zero-order valence-electron chi connectivity index (χ0n) is 8.32. The summed E-state index contributed by atoms with van der Waals surface area (Å²) in [4.78, 5) is 7.46. The van der Waals surface area contributed by atoms with Gasteiger partial charge in [0, 0.05) is 28.7 Å². The lowest BCUT2D eigenvalue weighted by atomic mass is 10.2. The van der Waals surface area contributed by atoms with Crippen LogP contribution < -0.4 is 4.74 Å². The zero-order valence-corrected chi connectivity index (χ0v) is 8.32. The second kappa shape index (κ2) is 2.98. The molecule has 0 atom stereocenters. The van der Waals surface area contributed by atoms with Crippen molar-refractivity contribution in [2.75, 3.05) is 7.11 Å². The molecular weight excluding hydrogens is 188 g/mol. The van der Waals surface area contributed by atoms with E-state index in [1.807, 2.05) is 24.4 Å². The van der Waals surface area contributed by atoms with Crippen molar-refractivity contribution in [3.8, 4) is 5.75 Å². The minimum Gasteiger partial charge on any atom is -0.495 e. The van der Waals surface area contributed by atoms with E-state index in [9.17, 15) is 0 Å². The second-order valence-corrected chi connectivity index (χ2v) is 3.43. The molecule has 3 rings (SSSR count). The minimum atomic E-state index is 0.865. The van der Waals surface area contributed by atoms with Gasteiger partial charge in [-0.1, -0.05) is 12.1 Å². The first-order valence-corrected chi connectivity index (χ1v) is 4.78. The molecule has 1 aromatic carbocycles. The standard InChI is InChI=1S/C12H10N2O/c1-15-11-4-2-3-8-9-7-13-6-5-10(9)14-12(8)11/h2-7,14H,1H3. The normalized spacial score (nSPS) is 11.0. The van der Waals surface area contributed by atoms with Gasteiger partial charge in [0.1, 0.15) is 5.75 Å². The molecule has 3 aromatic rings. The molecule has 2 aromatic heterocycles. The maximum absolute atomic E-state index is 5.31. The van der Waals surface area contributed by atoms with Crippen LogP contribution in [0.2, 0.25) is 0 Å². The molecule has 0 radical (unpaired) electrons. The van der Waals surface area contributed by atoms with Crippen LogP contribution in [0.15, 0.2) is 36.7 Å². The smallest absolute Gasteiger partial charge is 0.142 e. The molecule has 0 unspecified atom stereocenters. The Labute approximate surface area is 86.7 Å². The molecule has 15 heavy (non-hydrogen) atoms. The van der Waals surface area contributed by atoms with Crippen molar-refractivity contribution in [3.05, 3.63) is 36.7 Å². The van der Waals surface area contributed by atoms with Crippen molar-refractivity contribution in [2.45, 2.75) is 0 Å². The second-order valence-electron chi connectivity index (χ2n) is 3.43. The topological polar surface area (TPSA) is 37.9 Å². The molecule has 1 N–H and O–H groups in total. The third kappa shape index (κ3) is 1.09. The average Bonchev–Trinajstić information content (AvgIpc) is 2.67. The summed E-state index contributed by atoms with van der Waals surface area (Å²) in [6, 6.07) is 7.97. The Morgan fingerprint density at radius 2 is 2.13 bits per heavy atom. The van der Waals surface area contributed by atoms with Crippen LogP contribution in [0.25, 0.3) is 21.8 Å². The van der Waals surface area contributed by atoms with Crippen LogP contribution >= 0.6 is 0 Å². The van der Waals surface area contributed by atoms with E-state index in [1.165, 1.54) is 0 Å². The van der Waals surface area contributed by atoms with Gasteiger partial charge in [0.05, 0.1) is 12.6 Å². The van der Waals surface area contributed by atoms with Crippen molar-refractivity contribution in [1.29, 1.82) is 0 Å². The predicted molar refractivity (Wildman–Crippen MR) is 60.2 cm³/mol. The third-order valence-corrected chi connectivity index (χ3v) is 2.62. The number of pyridine rings is 1. The van der Waals surface area contributed by atoms with E-state index in [4.69, 9.17) is 4.74 Å². The van der Waals surface area contributed by atoms with E-state index >= 15 is 0 Å². The number of methoxy groups -OCH3 is 1. The third-order valence-electron chi connectivity index (χ3n) is 2.62. The summed E-state index contributed by atoms with van der Waals surface area (Å²) in [7, 11) is 1.68. The number of rotatable bonds is 1. The summed E-state index contributed by atoms with van der Waals surface area (Å²) in [6.07, 6.45) is 3.65. The van der Waals surface area contributed by atoms with Crippen molar-refractivity contribution >= 4 is 21.8 Å². The van der Waals surface area contributed by atoms with Crippen LogP contribution in [0, 0.1) is 0 Å². The van der Waals surface area contributed by atoms with Gasteiger partial charge in [-0.15, -0.1) is 0 Å². The van der Waals surface area contributed by atoms with Crippen LogP contribution in [0.5, 0.6) is 5.75 Å². The molecular formula is C12H10N2O. The molecule has 3 nitrogen and oxygen atoms in total. The fourth-order valence-corrected chi connectivity index (χ4v) is 1.91. The van der Waals surface area contributed by atoms with Crippen molar-refractivity contribution < 1.29 is 4.74 Å². The van der Waals surface area contributed by atoms with Crippen molar-refractivity contribution in [3.63, 3.8) is 0 Å². The molecule has 0 bridgehead atoms. The van der Waals surface area contributed by atoms with Crippen molar-refractivity contribution in [1.82, 2.24) is 9.97 Å². The van der Waals surface area contributed by atoms with E-state index in [-0.39, 0.29) is 0 Å². The van der Waals surface area contributed by atoms with Crippen LogP contribution in [0.4, 0.5) is 0 Å². The first-order valence-electron chi connectivity index (χ1n) is 4.78. The molecule has 0 aliphatic heterocycles. The van der Waals surface area contributed by atoms with Gasteiger partial charge < -0.3 is 9.72 Å². The Kier molecular flexibility index (Phi) is 1.65. The van der Waals surface area contributed by atoms with Crippen LogP contribution in [0.3, 0.4) is 0 Å². The molecule has 0 fully saturated rings. The number of aromatic amines is 1. The molecule has 2 heterocycles. The largest absolute Gasteiger partial charge is 0.495 e. The molecule has 0 aliphatic rings. The average molecular weight is 198 g/mol. The Bertz CT molecular complexity index is 628. The van der Waals surface area contributed by atoms with E-state index in [1.54, 1.807) is 13.3 Å². The molecule has 0 saturated heterocycles. The molecule has 0 aliphatic carbocycles. The molecule has 0 saturated carbocycles. The number of aromatic nitrogens is 2. The lowest BCUT2D eigenvalue weighted by Gasteiger charge is -1.99. The van der Waals surface area contributed by atoms with Gasteiger partial charge in [-0.3, -0.25) is 4.98 Å². The van der Waals surface area contributed by atoms with Gasteiger partial charge in [-0.25, -0.2) is 0 Å². The maximum atomic E-state index is 5.31. The number of hydrogen-bond acceptors (Lipinski definition) is 2. The van der Waals surface area contributed by atoms with Gasteiger partial charge in [0.15, 0.2) is 0 Å². The highest BCUT2D eigenvalue weighted by Crippen LogP contribution is 2.30. The first kappa shape index (κ1) is 8.29. The molecule has 0 amide bonds. The summed E-state index contributed by atoms with van der Waals surface area (Å²) in [5, 5.41) is 2.28. The van der Waals surface area contributed by atoms with Gasteiger partial charge in [0.25, 0.3) is 0 Å². The van der Waals surface area contributed by atoms with Crippen LogP contribution in [-0.4, -0.2) is 17.1 Å². The minimum absolute atomic E-state index is 0.865. The van der Waals surface area contributed by atoms with Gasteiger partial charge in [0.2, 0.25) is 0 Å². The number of H-pyrrole nitrogens is 1. The Balaban J connectivity index is 2.53. The van der Waals surface area contributed by atoms with Gasteiger partial charge >= 0.3 is 0 Å². The molecule has 74 valence electrons. The first-order chi connectivity index (χ1) is 7.40. The lowest BCUT2D eigenvalue weighted by Crippen LogP contribution is -1.82. The SMILES string of the molecule is COc1cccc2c1[nH]c1ccncc12.